The first-order valence-corrected chi connectivity index (χ1v) is 9.34. The Hall–Kier alpha value is -2.69. The zero-order chi connectivity index (χ0) is 22.7. The van der Waals surface area contributed by atoms with E-state index >= 15 is 0 Å². The lowest BCUT2D eigenvalue weighted by Gasteiger charge is -2.26. The molecule has 11 heteroatoms. The first kappa shape index (κ1) is 26.3. The first-order valence-electron chi connectivity index (χ1n) is 9.34. The average molecular weight is 415 g/mol. The molecule has 166 valence electrons. The number of rotatable bonds is 11. The standard InChI is InChI=1S/C18H34N6O5/c1-7-20(2)15(26)10-22(4)17(28)12-24(6)18(29)13-23(5)16(27)11-21(3)14(25)8-9-19/h7-13,19H2,1-6H3. The van der Waals surface area contributed by atoms with Crippen LogP contribution in [0.2, 0.25) is 0 Å². The molecule has 0 unspecified atom stereocenters. The summed E-state index contributed by atoms with van der Waals surface area (Å²) in [6, 6.07) is 0. The summed E-state index contributed by atoms with van der Waals surface area (Å²) in [4.78, 5) is 66.7. The van der Waals surface area contributed by atoms with E-state index in [4.69, 9.17) is 5.73 Å². The molecule has 0 rings (SSSR count). The number of carbonyl (C=O) groups excluding carboxylic acids is 5. The van der Waals surface area contributed by atoms with Gasteiger partial charge in [0.05, 0.1) is 26.2 Å². The van der Waals surface area contributed by atoms with Crippen molar-refractivity contribution in [2.45, 2.75) is 13.3 Å². The monoisotopic (exact) mass is 414 g/mol. The van der Waals surface area contributed by atoms with Crippen LogP contribution >= 0.6 is 0 Å². The maximum absolute atomic E-state index is 12.3. The van der Waals surface area contributed by atoms with Crippen molar-refractivity contribution < 1.29 is 24.0 Å². The second kappa shape index (κ2) is 12.7. The van der Waals surface area contributed by atoms with Crippen LogP contribution in [0.1, 0.15) is 13.3 Å². The minimum atomic E-state index is -0.435. The summed E-state index contributed by atoms with van der Waals surface area (Å²) >= 11 is 0. The molecule has 0 radical (unpaired) electrons. The normalized spacial score (nSPS) is 10.2. The highest BCUT2D eigenvalue weighted by atomic mass is 16.2. The molecular formula is C18H34N6O5. The molecule has 0 saturated heterocycles. The Morgan fingerprint density at radius 1 is 0.552 bits per heavy atom. The lowest BCUT2D eigenvalue weighted by molar-refractivity contribution is -0.144. The summed E-state index contributed by atoms with van der Waals surface area (Å²) in [5.74, 6) is -1.68. The van der Waals surface area contributed by atoms with E-state index in [9.17, 15) is 24.0 Å². The van der Waals surface area contributed by atoms with Crippen molar-refractivity contribution in [1.29, 1.82) is 0 Å². The topological polar surface area (TPSA) is 128 Å². The molecule has 0 saturated carbocycles. The third-order valence-electron chi connectivity index (χ3n) is 4.45. The second-order valence-electron chi connectivity index (χ2n) is 6.95. The van der Waals surface area contributed by atoms with Gasteiger partial charge in [0.25, 0.3) is 0 Å². The molecular weight excluding hydrogens is 380 g/mol. The number of nitrogens with two attached hydrogens (primary N) is 1. The van der Waals surface area contributed by atoms with Gasteiger partial charge in [0.15, 0.2) is 0 Å². The van der Waals surface area contributed by atoms with E-state index in [2.05, 4.69) is 0 Å². The molecule has 0 aromatic heterocycles. The van der Waals surface area contributed by atoms with Crippen LogP contribution in [0.4, 0.5) is 0 Å². The number of hydrogen-bond acceptors (Lipinski definition) is 6. The predicted molar refractivity (Wildman–Crippen MR) is 108 cm³/mol. The largest absolute Gasteiger partial charge is 0.345 e. The van der Waals surface area contributed by atoms with E-state index in [0.717, 1.165) is 0 Å². The third kappa shape index (κ3) is 9.37. The molecule has 0 heterocycles. The average Bonchev–Trinajstić information content (AvgIpc) is 2.66. The minimum Gasteiger partial charge on any atom is -0.345 e. The SMILES string of the molecule is CCN(C)C(=O)CN(C)C(=O)CN(C)C(=O)CN(C)C(=O)CN(C)C(=O)CCN. The van der Waals surface area contributed by atoms with Crippen LogP contribution in [0.15, 0.2) is 0 Å². The number of nitrogens with zero attached hydrogens (tertiary/aromatic N) is 5. The lowest BCUT2D eigenvalue weighted by atomic mass is 10.3. The van der Waals surface area contributed by atoms with Gasteiger partial charge in [-0.1, -0.05) is 0 Å². The van der Waals surface area contributed by atoms with Crippen molar-refractivity contribution in [1.82, 2.24) is 24.5 Å². The van der Waals surface area contributed by atoms with Gasteiger partial charge in [0.2, 0.25) is 29.5 Å². The van der Waals surface area contributed by atoms with Gasteiger partial charge in [-0.25, -0.2) is 0 Å². The van der Waals surface area contributed by atoms with Gasteiger partial charge in [0, 0.05) is 54.7 Å². The Kier molecular flexibility index (Phi) is 11.5. The summed E-state index contributed by atoms with van der Waals surface area (Å²) in [6.45, 7) is 1.87. The quantitative estimate of drug-likeness (QED) is 0.403. The molecule has 29 heavy (non-hydrogen) atoms. The maximum atomic E-state index is 12.3. The zero-order valence-electron chi connectivity index (χ0n) is 18.3. The van der Waals surface area contributed by atoms with Crippen molar-refractivity contribution in [3.63, 3.8) is 0 Å². The van der Waals surface area contributed by atoms with Gasteiger partial charge in [0.1, 0.15) is 0 Å². The van der Waals surface area contributed by atoms with Crippen LogP contribution in [0.3, 0.4) is 0 Å². The number of likely N-dealkylation sites (N-methyl/N-ethyl adjacent to an activating group) is 5. The van der Waals surface area contributed by atoms with Crippen LogP contribution in [0.25, 0.3) is 0 Å². The molecule has 0 bridgehead atoms. The van der Waals surface area contributed by atoms with Crippen LogP contribution < -0.4 is 5.73 Å². The summed E-state index contributed by atoms with van der Waals surface area (Å²) in [7, 11) is 7.52. The number of hydrogen-bond donors (Lipinski definition) is 1. The van der Waals surface area contributed by atoms with E-state index in [1.54, 1.807) is 7.05 Å². The minimum absolute atomic E-state index is 0.0766. The van der Waals surface area contributed by atoms with Gasteiger partial charge in [-0.3, -0.25) is 24.0 Å². The van der Waals surface area contributed by atoms with E-state index < -0.39 is 11.8 Å². The van der Waals surface area contributed by atoms with E-state index in [1.165, 1.54) is 52.7 Å². The van der Waals surface area contributed by atoms with Crippen molar-refractivity contribution in [3.8, 4) is 0 Å². The fourth-order valence-electron chi connectivity index (χ4n) is 2.14. The smallest absolute Gasteiger partial charge is 0.242 e. The predicted octanol–water partition coefficient (Wildman–Crippen LogP) is -2.35. The van der Waals surface area contributed by atoms with Crippen LogP contribution in [0, 0.1) is 0 Å². The van der Waals surface area contributed by atoms with Crippen LogP contribution in [-0.4, -0.2) is 129 Å². The highest BCUT2D eigenvalue weighted by Crippen LogP contribution is 1.97. The highest BCUT2D eigenvalue weighted by molar-refractivity contribution is 5.91. The van der Waals surface area contributed by atoms with Gasteiger partial charge in [-0.05, 0) is 6.92 Å². The molecule has 0 aromatic rings. The zero-order valence-corrected chi connectivity index (χ0v) is 18.3. The maximum Gasteiger partial charge on any atom is 0.242 e. The fraction of sp³-hybridized carbons (Fsp3) is 0.722. The molecule has 0 fully saturated rings. The molecule has 0 aliphatic rings. The van der Waals surface area contributed by atoms with Gasteiger partial charge >= 0.3 is 0 Å². The van der Waals surface area contributed by atoms with Gasteiger partial charge in [-0.2, -0.15) is 0 Å². The highest BCUT2D eigenvalue weighted by Gasteiger charge is 2.22. The van der Waals surface area contributed by atoms with Crippen LogP contribution in [0.5, 0.6) is 0 Å². The van der Waals surface area contributed by atoms with E-state index in [-0.39, 0.29) is 56.9 Å². The Morgan fingerprint density at radius 3 is 1.10 bits per heavy atom. The lowest BCUT2D eigenvalue weighted by Crippen LogP contribution is -2.47. The first-order chi connectivity index (χ1) is 13.4. The van der Waals surface area contributed by atoms with Crippen LogP contribution in [-0.2, 0) is 24.0 Å². The van der Waals surface area contributed by atoms with Crippen molar-refractivity contribution >= 4 is 29.5 Å². The molecule has 0 aliphatic heterocycles. The second-order valence-corrected chi connectivity index (χ2v) is 6.95. The summed E-state index contributed by atoms with van der Waals surface area (Å²) in [6.07, 6.45) is 0.140. The van der Waals surface area contributed by atoms with E-state index in [1.807, 2.05) is 6.92 Å². The van der Waals surface area contributed by atoms with Gasteiger partial charge < -0.3 is 30.2 Å². The Morgan fingerprint density at radius 2 is 0.828 bits per heavy atom. The molecule has 0 atom stereocenters. The molecule has 5 amide bonds. The molecule has 0 aromatic carbocycles. The molecule has 2 N–H and O–H groups in total. The Bertz CT molecular complexity index is 612. The summed E-state index contributed by atoms with van der Waals surface area (Å²) < 4.78 is 0. The molecule has 0 aliphatic carbocycles. The molecule has 11 nitrogen and oxygen atoms in total. The van der Waals surface area contributed by atoms with Gasteiger partial charge in [-0.15, -0.1) is 0 Å². The third-order valence-corrected chi connectivity index (χ3v) is 4.45. The number of amides is 5. The summed E-state index contributed by atoms with van der Waals surface area (Å²) in [5.41, 5.74) is 5.32. The van der Waals surface area contributed by atoms with E-state index in [0.29, 0.717) is 6.54 Å². The molecule has 0 spiro atoms. The van der Waals surface area contributed by atoms with Crippen molar-refractivity contribution in [3.05, 3.63) is 0 Å². The van der Waals surface area contributed by atoms with Crippen molar-refractivity contribution in [2.75, 3.05) is 74.5 Å². The Balaban J connectivity index is 4.57. The Labute approximate surface area is 172 Å². The summed E-state index contributed by atoms with van der Waals surface area (Å²) in [5, 5.41) is 0. The van der Waals surface area contributed by atoms with Crippen molar-refractivity contribution in [2.24, 2.45) is 5.73 Å². The number of carbonyl (C=O) groups is 5. The fourth-order valence-corrected chi connectivity index (χ4v) is 2.14.